The van der Waals surface area contributed by atoms with Crippen molar-refractivity contribution in [3.05, 3.63) is 53.1 Å². The van der Waals surface area contributed by atoms with Gasteiger partial charge >= 0.3 is 6.09 Å². The molecule has 0 aliphatic carbocycles. The largest absolute Gasteiger partial charge is 0.494 e. The van der Waals surface area contributed by atoms with Gasteiger partial charge in [-0.05, 0) is 43.4 Å². The number of amides is 1. The van der Waals surface area contributed by atoms with Gasteiger partial charge in [-0.25, -0.2) is 9.78 Å². The van der Waals surface area contributed by atoms with Gasteiger partial charge in [-0.3, -0.25) is 4.98 Å². The number of hydrogen-bond acceptors (Lipinski definition) is 6. The standard InChI is InChI=1S/C21H23N3O3S/c25-21(27-15-20-23-9-13-28-20)24-10-5-16(6-11-24)7-12-26-18-4-3-17-2-1-8-22-19(17)14-18/h1-4,8-9,13-14,16H,5-7,10-12,15H2. The van der Waals surface area contributed by atoms with Crippen molar-refractivity contribution in [1.82, 2.24) is 14.9 Å². The van der Waals surface area contributed by atoms with Crippen LogP contribution in [0.4, 0.5) is 4.79 Å². The number of aromatic nitrogens is 2. The van der Waals surface area contributed by atoms with Gasteiger partial charge in [0.25, 0.3) is 0 Å². The maximum atomic E-state index is 12.2. The summed E-state index contributed by atoms with van der Waals surface area (Å²) >= 11 is 1.49. The number of hydrogen-bond donors (Lipinski definition) is 0. The minimum absolute atomic E-state index is 0.242. The molecule has 1 aromatic carbocycles. The number of nitrogens with zero attached hydrogens (tertiary/aromatic N) is 3. The van der Waals surface area contributed by atoms with Crippen LogP contribution in [0, 0.1) is 5.92 Å². The summed E-state index contributed by atoms with van der Waals surface area (Å²) in [7, 11) is 0. The molecule has 0 N–H and O–H groups in total. The van der Waals surface area contributed by atoms with Crippen LogP contribution < -0.4 is 4.74 Å². The van der Waals surface area contributed by atoms with E-state index in [0.29, 0.717) is 12.5 Å². The van der Waals surface area contributed by atoms with Crippen molar-refractivity contribution in [1.29, 1.82) is 0 Å². The smallest absolute Gasteiger partial charge is 0.410 e. The van der Waals surface area contributed by atoms with Crippen molar-refractivity contribution < 1.29 is 14.3 Å². The zero-order valence-corrected chi connectivity index (χ0v) is 16.4. The zero-order valence-electron chi connectivity index (χ0n) is 15.6. The van der Waals surface area contributed by atoms with Gasteiger partial charge in [-0.15, -0.1) is 11.3 Å². The first kappa shape index (κ1) is 18.7. The lowest BCUT2D eigenvalue weighted by Gasteiger charge is -2.31. The lowest BCUT2D eigenvalue weighted by atomic mass is 9.94. The SMILES string of the molecule is O=C(OCc1nccs1)N1CCC(CCOc2ccc3cccnc3c2)CC1. The van der Waals surface area contributed by atoms with Crippen molar-refractivity contribution >= 4 is 28.3 Å². The van der Waals surface area contributed by atoms with Gasteiger partial charge in [0.05, 0.1) is 12.1 Å². The highest BCUT2D eigenvalue weighted by atomic mass is 32.1. The highest BCUT2D eigenvalue weighted by molar-refractivity contribution is 7.09. The van der Waals surface area contributed by atoms with E-state index in [1.807, 2.05) is 35.7 Å². The molecule has 6 nitrogen and oxygen atoms in total. The summed E-state index contributed by atoms with van der Waals surface area (Å²) in [5.41, 5.74) is 0.949. The molecule has 1 amide bonds. The van der Waals surface area contributed by atoms with Crippen molar-refractivity contribution in [2.24, 2.45) is 5.92 Å². The van der Waals surface area contributed by atoms with E-state index in [-0.39, 0.29) is 12.7 Å². The fourth-order valence-electron chi connectivity index (χ4n) is 3.42. The normalized spacial score (nSPS) is 14.9. The second kappa shape index (κ2) is 9.01. The van der Waals surface area contributed by atoms with Gasteiger partial charge in [-0.1, -0.05) is 6.07 Å². The molecule has 1 saturated heterocycles. The molecule has 0 spiro atoms. The number of rotatable bonds is 6. The van der Waals surface area contributed by atoms with Crippen LogP contribution in [0.15, 0.2) is 48.1 Å². The quantitative estimate of drug-likeness (QED) is 0.612. The number of carbonyl (C=O) groups excluding carboxylic acids is 1. The van der Waals surface area contributed by atoms with E-state index in [9.17, 15) is 4.79 Å². The van der Waals surface area contributed by atoms with Crippen molar-refractivity contribution in [2.75, 3.05) is 19.7 Å². The van der Waals surface area contributed by atoms with E-state index >= 15 is 0 Å². The molecule has 1 aliphatic heterocycles. The Morgan fingerprint density at radius 1 is 1.18 bits per heavy atom. The monoisotopic (exact) mass is 397 g/mol. The topological polar surface area (TPSA) is 64.5 Å². The van der Waals surface area contributed by atoms with E-state index in [0.717, 1.165) is 54.0 Å². The molecule has 0 bridgehead atoms. The third-order valence-electron chi connectivity index (χ3n) is 5.05. The molecular weight excluding hydrogens is 374 g/mol. The first-order chi connectivity index (χ1) is 13.8. The average Bonchev–Trinajstić information content (AvgIpc) is 3.26. The third kappa shape index (κ3) is 4.78. The molecule has 7 heteroatoms. The Bertz CT molecular complexity index is 908. The molecule has 3 heterocycles. The van der Waals surface area contributed by atoms with E-state index < -0.39 is 0 Å². The molecule has 0 atom stereocenters. The minimum Gasteiger partial charge on any atom is -0.494 e. The fourth-order valence-corrected chi connectivity index (χ4v) is 3.95. The Morgan fingerprint density at radius 2 is 2.07 bits per heavy atom. The predicted octanol–water partition coefficient (Wildman–Crippen LogP) is 4.51. The van der Waals surface area contributed by atoms with Crippen LogP contribution >= 0.6 is 11.3 Å². The Kier molecular flexibility index (Phi) is 6.01. The van der Waals surface area contributed by atoms with E-state index in [2.05, 4.69) is 9.97 Å². The summed E-state index contributed by atoms with van der Waals surface area (Å²) < 4.78 is 11.3. The van der Waals surface area contributed by atoms with Crippen LogP contribution in [0.5, 0.6) is 5.75 Å². The van der Waals surface area contributed by atoms with Crippen LogP contribution in [0.1, 0.15) is 24.3 Å². The van der Waals surface area contributed by atoms with Gasteiger partial charge in [0, 0.05) is 42.3 Å². The molecule has 0 radical (unpaired) electrons. The molecule has 0 unspecified atom stereocenters. The van der Waals surface area contributed by atoms with Crippen LogP contribution in [0.25, 0.3) is 10.9 Å². The molecule has 1 aliphatic rings. The third-order valence-corrected chi connectivity index (χ3v) is 5.80. The molecule has 28 heavy (non-hydrogen) atoms. The highest BCUT2D eigenvalue weighted by Crippen LogP contribution is 2.23. The van der Waals surface area contributed by atoms with Crippen LogP contribution in [0.2, 0.25) is 0 Å². The lowest BCUT2D eigenvalue weighted by Crippen LogP contribution is -2.39. The maximum Gasteiger partial charge on any atom is 0.410 e. The van der Waals surface area contributed by atoms with Gasteiger partial charge in [-0.2, -0.15) is 0 Å². The van der Waals surface area contributed by atoms with Crippen LogP contribution in [-0.4, -0.2) is 40.7 Å². The van der Waals surface area contributed by atoms with E-state index in [1.165, 1.54) is 11.3 Å². The number of benzene rings is 1. The zero-order chi connectivity index (χ0) is 19.2. The van der Waals surface area contributed by atoms with Crippen molar-refractivity contribution in [3.63, 3.8) is 0 Å². The molecule has 2 aromatic heterocycles. The first-order valence-electron chi connectivity index (χ1n) is 9.55. The van der Waals surface area contributed by atoms with Gasteiger partial charge in [0.2, 0.25) is 0 Å². The molecule has 0 saturated carbocycles. The summed E-state index contributed by atoms with van der Waals surface area (Å²) in [6.45, 7) is 2.41. The summed E-state index contributed by atoms with van der Waals surface area (Å²) in [6, 6.07) is 9.99. The maximum absolute atomic E-state index is 12.2. The Morgan fingerprint density at radius 3 is 2.89 bits per heavy atom. The number of fused-ring (bicyclic) bond motifs is 1. The summed E-state index contributed by atoms with van der Waals surface area (Å²) in [4.78, 5) is 22.4. The summed E-state index contributed by atoms with van der Waals surface area (Å²) in [6.07, 6.45) is 6.22. The second-order valence-corrected chi connectivity index (χ2v) is 7.89. The fraction of sp³-hybridized carbons (Fsp3) is 0.381. The number of pyridine rings is 1. The van der Waals surface area contributed by atoms with Crippen LogP contribution in [-0.2, 0) is 11.3 Å². The molecule has 146 valence electrons. The Hall–Kier alpha value is -2.67. The number of likely N-dealkylation sites (tertiary alicyclic amines) is 1. The Labute approximate surface area is 168 Å². The molecular formula is C21H23N3O3S. The van der Waals surface area contributed by atoms with Gasteiger partial charge in [0.15, 0.2) is 0 Å². The van der Waals surface area contributed by atoms with Crippen LogP contribution in [0.3, 0.4) is 0 Å². The Balaban J connectivity index is 1.17. The van der Waals surface area contributed by atoms with E-state index in [1.54, 1.807) is 17.3 Å². The highest BCUT2D eigenvalue weighted by Gasteiger charge is 2.23. The number of piperidine rings is 1. The van der Waals surface area contributed by atoms with Crippen molar-refractivity contribution in [2.45, 2.75) is 25.9 Å². The average molecular weight is 398 g/mol. The lowest BCUT2D eigenvalue weighted by molar-refractivity contribution is 0.0799. The van der Waals surface area contributed by atoms with Crippen molar-refractivity contribution in [3.8, 4) is 5.75 Å². The molecule has 4 rings (SSSR count). The first-order valence-corrected chi connectivity index (χ1v) is 10.4. The number of ether oxygens (including phenoxy) is 2. The minimum atomic E-state index is -0.242. The number of thiazole rings is 1. The van der Waals surface area contributed by atoms with E-state index in [4.69, 9.17) is 9.47 Å². The number of carbonyl (C=O) groups is 1. The molecule has 3 aromatic rings. The van der Waals surface area contributed by atoms with Gasteiger partial charge in [0.1, 0.15) is 17.4 Å². The van der Waals surface area contributed by atoms with Gasteiger partial charge < -0.3 is 14.4 Å². The molecule has 1 fully saturated rings. The predicted molar refractivity (Wildman–Crippen MR) is 108 cm³/mol. The summed E-state index contributed by atoms with van der Waals surface area (Å²) in [5, 5.41) is 3.82. The second-order valence-electron chi connectivity index (χ2n) is 6.91. The summed E-state index contributed by atoms with van der Waals surface area (Å²) in [5.74, 6) is 1.43.